The standard InChI is InChI=1S/C21H21NOS/c1-14-8-9-19(15(2)12-14)23-13-16-10-11-24-21-20(16)17-6-4-5-7-18(17)22(21)3/h4-9,12-13H,10-11H2,1-3H3/b16-13+. The molecule has 0 atom stereocenters. The van der Waals surface area contributed by atoms with Gasteiger partial charge in [0.15, 0.2) is 0 Å². The molecule has 3 heteroatoms. The van der Waals surface area contributed by atoms with Crippen LogP contribution in [-0.4, -0.2) is 10.3 Å². The fourth-order valence-corrected chi connectivity index (χ4v) is 4.61. The summed E-state index contributed by atoms with van der Waals surface area (Å²) in [5.41, 5.74) is 6.36. The van der Waals surface area contributed by atoms with E-state index >= 15 is 0 Å². The summed E-state index contributed by atoms with van der Waals surface area (Å²) < 4.78 is 8.37. The Balaban J connectivity index is 1.77. The highest BCUT2D eigenvalue weighted by molar-refractivity contribution is 7.99. The molecule has 0 N–H and O–H groups in total. The van der Waals surface area contributed by atoms with E-state index in [9.17, 15) is 0 Å². The fourth-order valence-electron chi connectivity index (χ4n) is 3.42. The lowest BCUT2D eigenvalue weighted by Gasteiger charge is -2.17. The van der Waals surface area contributed by atoms with E-state index in [4.69, 9.17) is 4.74 Å². The monoisotopic (exact) mass is 335 g/mol. The van der Waals surface area contributed by atoms with Gasteiger partial charge in [0, 0.05) is 29.3 Å². The first-order valence-electron chi connectivity index (χ1n) is 8.28. The Labute approximate surface area is 147 Å². The van der Waals surface area contributed by atoms with Gasteiger partial charge in [-0.2, -0.15) is 0 Å². The summed E-state index contributed by atoms with van der Waals surface area (Å²) in [4.78, 5) is 0. The molecule has 3 aromatic rings. The van der Waals surface area contributed by atoms with E-state index in [0.717, 1.165) is 17.9 Å². The predicted molar refractivity (Wildman–Crippen MR) is 103 cm³/mol. The van der Waals surface area contributed by atoms with Gasteiger partial charge in [0.05, 0.1) is 11.3 Å². The first-order chi connectivity index (χ1) is 11.6. The van der Waals surface area contributed by atoms with Crippen LogP contribution in [0.5, 0.6) is 5.75 Å². The lowest BCUT2D eigenvalue weighted by Crippen LogP contribution is -2.01. The van der Waals surface area contributed by atoms with Crippen molar-refractivity contribution in [3.05, 3.63) is 65.4 Å². The molecule has 0 fully saturated rings. The molecule has 0 amide bonds. The van der Waals surface area contributed by atoms with Crippen LogP contribution in [0.3, 0.4) is 0 Å². The van der Waals surface area contributed by atoms with E-state index in [0.29, 0.717) is 0 Å². The van der Waals surface area contributed by atoms with E-state index < -0.39 is 0 Å². The fraction of sp³-hybridized carbons (Fsp3) is 0.238. The summed E-state index contributed by atoms with van der Waals surface area (Å²) in [6.45, 7) is 4.21. The van der Waals surface area contributed by atoms with Crippen LogP contribution in [0.15, 0.2) is 53.8 Å². The Morgan fingerprint density at radius 2 is 1.96 bits per heavy atom. The van der Waals surface area contributed by atoms with Crippen LogP contribution in [0.4, 0.5) is 0 Å². The average Bonchev–Trinajstić information content (AvgIpc) is 2.88. The van der Waals surface area contributed by atoms with Crippen LogP contribution in [0.2, 0.25) is 0 Å². The van der Waals surface area contributed by atoms with Gasteiger partial charge in [0.25, 0.3) is 0 Å². The lowest BCUT2D eigenvalue weighted by molar-refractivity contribution is 0.478. The zero-order chi connectivity index (χ0) is 16.7. The van der Waals surface area contributed by atoms with E-state index in [2.05, 4.69) is 67.9 Å². The molecule has 0 aliphatic carbocycles. The Bertz CT molecular complexity index is 952. The molecule has 1 aromatic heterocycles. The minimum atomic E-state index is 0.938. The highest BCUT2D eigenvalue weighted by atomic mass is 32.2. The van der Waals surface area contributed by atoms with E-state index in [1.165, 1.54) is 38.2 Å². The van der Waals surface area contributed by atoms with Crippen LogP contribution in [0, 0.1) is 13.8 Å². The molecular formula is C21H21NOS. The summed E-state index contributed by atoms with van der Waals surface area (Å²) in [6.07, 6.45) is 3.00. The summed E-state index contributed by atoms with van der Waals surface area (Å²) in [7, 11) is 2.15. The zero-order valence-corrected chi connectivity index (χ0v) is 15.1. The molecule has 1 aliphatic heterocycles. The Hall–Kier alpha value is -2.13. The second-order valence-corrected chi connectivity index (χ2v) is 7.47. The van der Waals surface area contributed by atoms with E-state index in [-0.39, 0.29) is 0 Å². The molecule has 2 heterocycles. The molecular weight excluding hydrogens is 314 g/mol. The molecule has 0 spiro atoms. The number of aryl methyl sites for hydroxylation is 3. The molecule has 122 valence electrons. The maximum atomic E-state index is 6.07. The van der Waals surface area contributed by atoms with Crippen molar-refractivity contribution in [3.8, 4) is 5.75 Å². The maximum Gasteiger partial charge on any atom is 0.129 e. The number of aromatic nitrogens is 1. The summed E-state index contributed by atoms with van der Waals surface area (Å²) in [6, 6.07) is 14.9. The Morgan fingerprint density at radius 1 is 1.12 bits per heavy atom. The Morgan fingerprint density at radius 3 is 2.79 bits per heavy atom. The molecule has 2 aromatic carbocycles. The van der Waals surface area contributed by atoms with Gasteiger partial charge < -0.3 is 9.30 Å². The van der Waals surface area contributed by atoms with E-state index in [1.807, 2.05) is 18.0 Å². The molecule has 4 rings (SSSR count). The van der Waals surface area contributed by atoms with Gasteiger partial charge in [-0.3, -0.25) is 0 Å². The number of nitrogens with zero attached hydrogens (tertiary/aromatic N) is 1. The maximum absolute atomic E-state index is 6.07. The average molecular weight is 335 g/mol. The third-order valence-electron chi connectivity index (χ3n) is 4.64. The van der Waals surface area contributed by atoms with Gasteiger partial charge in [-0.15, -0.1) is 11.8 Å². The molecule has 0 saturated heterocycles. The SMILES string of the molecule is Cc1ccc(O/C=C2\CCSc3c2c2ccccc2n3C)c(C)c1. The van der Waals surface area contributed by atoms with Crippen molar-refractivity contribution in [3.63, 3.8) is 0 Å². The van der Waals surface area contributed by atoms with Crippen LogP contribution in [-0.2, 0) is 7.05 Å². The third-order valence-corrected chi connectivity index (χ3v) is 5.80. The quantitative estimate of drug-likeness (QED) is 0.557. The number of hydrogen-bond acceptors (Lipinski definition) is 2. The second kappa shape index (κ2) is 6.06. The molecule has 0 radical (unpaired) electrons. The summed E-state index contributed by atoms with van der Waals surface area (Å²) in [5.74, 6) is 2.03. The normalized spacial score (nSPS) is 15.7. The number of ether oxygens (including phenoxy) is 1. The summed E-state index contributed by atoms with van der Waals surface area (Å²) in [5, 5.41) is 2.66. The van der Waals surface area contributed by atoms with Crippen molar-refractivity contribution in [1.29, 1.82) is 0 Å². The second-order valence-electron chi connectivity index (χ2n) is 6.38. The predicted octanol–water partition coefficient (Wildman–Crippen LogP) is 5.71. The molecule has 2 nitrogen and oxygen atoms in total. The number of thioether (sulfide) groups is 1. The number of para-hydroxylation sites is 1. The first-order valence-corrected chi connectivity index (χ1v) is 9.27. The molecule has 0 unspecified atom stereocenters. The first kappa shape index (κ1) is 15.4. The lowest BCUT2D eigenvalue weighted by atomic mass is 10.0. The number of rotatable bonds is 2. The van der Waals surface area contributed by atoms with Crippen molar-refractivity contribution in [2.75, 3.05) is 5.75 Å². The summed E-state index contributed by atoms with van der Waals surface area (Å²) >= 11 is 1.94. The van der Waals surface area contributed by atoms with Crippen molar-refractivity contribution in [1.82, 2.24) is 4.57 Å². The molecule has 0 bridgehead atoms. The molecule has 24 heavy (non-hydrogen) atoms. The van der Waals surface area contributed by atoms with Gasteiger partial charge in [0.1, 0.15) is 5.75 Å². The van der Waals surface area contributed by atoms with Gasteiger partial charge in [-0.25, -0.2) is 0 Å². The highest BCUT2D eigenvalue weighted by Gasteiger charge is 2.22. The van der Waals surface area contributed by atoms with Crippen molar-refractivity contribution in [2.24, 2.45) is 7.05 Å². The van der Waals surface area contributed by atoms with Gasteiger partial charge in [-0.05, 0) is 43.5 Å². The van der Waals surface area contributed by atoms with Gasteiger partial charge >= 0.3 is 0 Å². The van der Waals surface area contributed by atoms with Crippen LogP contribution < -0.4 is 4.74 Å². The smallest absolute Gasteiger partial charge is 0.129 e. The van der Waals surface area contributed by atoms with Gasteiger partial charge in [-0.1, -0.05) is 35.9 Å². The Kier molecular flexibility index (Phi) is 3.89. The van der Waals surface area contributed by atoms with Crippen molar-refractivity contribution in [2.45, 2.75) is 25.3 Å². The number of benzene rings is 2. The van der Waals surface area contributed by atoms with Crippen LogP contribution in [0.25, 0.3) is 16.5 Å². The third kappa shape index (κ3) is 2.53. The zero-order valence-electron chi connectivity index (χ0n) is 14.3. The molecule has 1 aliphatic rings. The number of hydrogen-bond donors (Lipinski definition) is 0. The minimum Gasteiger partial charge on any atom is -0.464 e. The minimum absolute atomic E-state index is 0.938. The largest absolute Gasteiger partial charge is 0.464 e. The topological polar surface area (TPSA) is 14.2 Å². The molecule has 0 saturated carbocycles. The van der Waals surface area contributed by atoms with Crippen LogP contribution in [0.1, 0.15) is 23.1 Å². The van der Waals surface area contributed by atoms with E-state index in [1.54, 1.807) is 0 Å². The van der Waals surface area contributed by atoms with Crippen molar-refractivity contribution < 1.29 is 4.74 Å². The number of allylic oxidation sites excluding steroid dienone is 1. The highest BCUT2D eigenvalue weighted by Crippen LogP contribution is 2.42. The van der Waals surface area contributed by atoms with Gasteiger partial charge in [0.2, 0.25) is 0 Å². The van der Waals surface area contributed by atoms with Crippen LogP contribution >= 0.6 is 11.8 Å². The number of fused-ring (bicyclic) bond motifs is 3. The van der Waals surface area contributed by atoms with Crippen molar-refractivity contribution >= 4 is 28.2 Å².